The number of aromatic nitrogens is 2. The second kappa shape index (κ2) is 4.73. The summed E-state index contributed by atoms with van der Waals surface area (Å²) in [5.41, 5.74) is 9.05. The van der Waals surface area contributed by atoms with E-state index < -0.39 is 0 Å². The lowest BCUT2D eigenvalue weighted by atomic mass is 10.0. The van der Waals surface area contributed by atoms with Crippen LogP contribution in [-0.4, -0.2) is 9.78 Å². The summed E-state index contributed by atoms with van der Waals surface area (Å²) in [4.78, 5) is 0. The summed E-state index contributed by atoms with van der Waals surface area (Å²) in [5.74, 6) is 1.40. The molecule has 1 aliphatic rings. The number of halogens is 2. The van der Waals surface area contributed by atoms with E-state index in [9.17, 15) is 0 Å². The number of anilines is 1. The minimum Gasteiger partial charge on any atom is -0.383 e. The molecular weight excluding hydrogens is 281 g/mol. The lowest BCUT2D eigenvalue weighted by Crippen LogP contribution is -1.98. The summed E-state index contributed by atoms with van der Waals surface area (Å²) >= 11 is 12.2. The van der Waals surface area contributed by atoms with Gasteiger partial charge in [-0.25, -0.2) is 0 Å². The Morgan fingerprint density at radius 1 is 1.37 bits per heavy atom. The van der Waals surface area contributed by atoms with E-state index in [1.807, 2.05) is 19.2 Å². The van der Waals surface area contributed by atoms with E-state index in [-0.39, 0.29) is 0 Å². The summed E-state index contributed by atoms with van der Waals surface area (Å²) in [6, 6.07) is 5.48. The molecule has 0 aliphatic heterocycles. The molecule has 0 spiro atoms. The number of nitrogens with two attached hydrogens (primary N) is 1. The fourth-order valence-corrected chi connectivity index (χ4v) is 2.82. The van der Waals surface area contributed by atoms with Crippen LogP contribution in [0.25, 0.3) is 11.1 Å². The lowest BCUT2D eigenvalue weighted by molar-refractivity contribution is 0.722. The topological polar surface area (TPSA) is 43.8 Å². The molecule has 1 heterocycles. The van der Waals surface area contributed by atoms with Crippen LogP contribution in [0.15, 0.2) is 18.2 Å². The number of hydrogen-bond acceptors (Lipinski definition) is 2. The zero-order chi connectivity index (χ0) is 13.6. The highest BCUT2D eigenvalue weighted by Crippen LogP contribution is 2.40. The predicted octanol–water partition coefficient (Wildman–Crippen LogP) is 3.93. The number of rotatable bonds is 3. The van der Waals surface area contributed by atoms with E-state index in [1.54, 1.807) is 10.7 Å². The van der Waals surface area contributed by atoms with Gasteiger partial charge in [0.05, 0.1) is 10.7 Å². The highest BCUT2D eigenvalue weighted by molar-refractivity contribution is 6.36. The maximum Gasteiger partial charge on any atom is 0.129 e. The van der Waals surface area contributed by atoms with Crippen molar-refractivity contribution < 1.29 is 0 Å². The molecule has 2 N–H and O–H groups in total. The van der Waals surface area contributed by atoms with E-state index in [0.29, 0.717) is 15.9 Å². The van der Waals surface area contributed by atoms with Crippen LogP contribution < -0.4 is 5.73 Å². The first-order valence-electron chi connectivity index (χ1n) is 6.33. The third-order valence-corrected chi connectivity index (χ3v) is 4.09. The van der Waals surface area contributed by atoms with Crippen molar-refractivity contribution in [2.45, 2.75) is 19.3 Å². The molecule has 0 amide bonds. The minimum absolute atomic E-state index is 0.615. The average Bonchev–Trinajstić information content (AvgIpc) is 3.10. The van der Waals surface area contributed by atoms with Gasteiger partial charge in [-0.15, -0.1) is 0 Å². The molecule has 2 aromatic rings. The first-order valence-corrected chi connectivity index (χ1v) is 7.08. The Hall–Kier alpha value is -1.19. The van der Waals surface area contributed by atoms with Crippen LogP contribution in [-0.2, 0) is 13.5 Å². The second-order valence-corrected chi connectivity index (χ2v) is 5.95. The second-order valence-electron chi connectivity index (χ2n) is 5.10. The fraction of sp³-hybridized carbons (Fsp3) is 0.357. The van der Waals surface area contributed by atoms with Crippen LogP contribution in [0, 0.1) is 5.92 Å². The first kappa shape index (κ1) is 12.8. The lowest BCUT2D eigenvalue weighted by Gasteiger charge is -2.06. The number of nitrogens with zero attached hydrogens (tertiary/aromatic N) is 2. The molecule has 0 radical (unpaired) electrons. The largest absolute Gasteiger partial charge is 0.383 e. The van der Waals surface area contributed by atoms with Gasteiger partial charge in [0.2, 0.25) is 0 Å². The van der Waals surface area contributed by atoms with Crippen molar-refractivity contribution in [3.63, 3.8) is 0 Å². The van der Waals surface area contributed by atoms with Crippen molar-refractivity contribution in [2.24, 2.45) is 13.0 Å². The molecule has 0 saturated heterocycles. The third-order valence-electron chi connectivity index (χ3n) is 3.54. The van der Waals surface area contributed by atoms with E-state index >= 15 is 0 Å². The molecule has 1 aliphatic carbocycles. The van der Waals surface area contributed by atoms with Crippen molar-refractivity contribution in [1.29, 1.82) is 0 Å². The normalized spacial score (nSPS) is 14.9. The molecule has 3 nitrogen and oxygen atoms in total. The number of hydrogen-bond donors (Lipinski definition) is 1. The van der Waals surface area contributed by atoms with Crippen molar-refractivity contribution in [2.75, 3.05) is 5.73 Å². The third kappa shape index (κ3) is 2.45. The molecule has 0 unspecified atom stereocenters. The van der Waals surface area contributed by atoms with Crippen molar-refractivity contribution in [1.82, 2.24) is 9.78 Å². The molecule has 1 aromatic carbocycles. The summed E-state index contributed by atoms with van der Waals surface area (Å²) in [6.45, 7) is 0. The fourth-order valence-electron chi connectivity index (χ4n) is 2.32. The predicted molar refractivity (Wildman–Crippen MR) is 79.5 cm³/mol. The Bertz CT molecular complexity index is 630. The van der Waals surface area contributed by atoms with Crippen LogP contribution in [0.4, 0.5) is 5.82 Å². The molecule has 1 fully saturated rings. The smallest absolute Gasteiger partial charge is 0.129 e. The Morgan fingerprint density at radius 2 is 2.11 bits per heavy atom. The van der Waals surface area contributed by atoms with E-state index in [1.165, 1.54) is 12.8 Å². The zero-order valence-corrected chi connectivity index (χ0v) is 12.2. The molecule has 5 heteroatoms. The molecule has 1 saturated carbocycles. The SMILES string of the molecule is Cn1nc(CC2CC2)c(-c2ccc(Cl)cc2Cl)c1N. The Labute approximate surface area is 122 Å². The van der Waals surface area contributed by atoms with Crippen LogP contribution >= 0.6 is 23.2 Å². The van der Waals surface area contributed by atoms with E-state index in [4.69, 9.17) is 28.9 Å². The van der Waals surface area contributed by atoms with Gasteiger partial charge in [-0.1, -0.05) is 29.3 Å². The van der Waals surface area contributed by atoms with Crippen molar-refractivity contribution in [3.05, 3.63) is 33.9 Å². The first-order chi connectivity index (χ1) is 9.06. The van der Waals surface area contributed by atoms with Crippen molar-refractivity contribution in [3.8, 4) is 11.1 Å². The molecule has 0 bridgehead atoms. The number of aryl methyl sites for hydroxylation is 1. The van der Waals surface area contributed by atoms with Crippen LogP contribution in [0.5, 0.6) is 0 Å². The monoisotopic (exact) mass is 295 g/mol. The molecular formula is C14H15Cl2N3. The van der Waals surface area contributed by atoms with Gasteiger partial charge in [-0.2, -0.15) is 5.10 Å². The molecule has 100 valence electrons. The molecule has 19 heavy (non-hydrogen) atoms. The average molecular weight is 296 g/mol. The van der Waals surface area contributed by atoms with Gasteiger partial charge in [0.25, 0.3) is 0 Å². The van der Waals surface area contributed by atoms with Gasteiger partial charge in [-0.05, 0) is 37.3 Å². The van der Waals surface area contributed by atoms with E-state index in [2.05, 4.69) is 5.10 Å². The summed E-state index contributed by atoms with van der Waals surface area (Å²) in [7, 11) is 1.86. The maximum absolute atomic E-state index is 6.29. The van der Waals surface area contributed by atoms with Gasteiger partial charge in [-0.3, -0.25) is 4.68 Å². The molecule has 3 rings (SSSR count). The molecule has 0 atom stereocenters. The Kier molecular flexibility index (Phi) is 3.19. The van der Waals surface area contributed by atoms with Crippen LogP contribution in [0.1, 0.15) is 18.5 Å². The maximum atomic E-state index is 6.29. The van der Waals surface area contributed by atoms with E-state index in [0.717, 1.165) is 29.2 Å². The summed E-state index contributed by atoms with van der Waals surface area (Å²) in [5, 5.41) is 5.77. The van der Waals surface area contributed by atoms with Gasteiger partial charge in [0.1, 0.15) is 5.82 Å². The van der Waals surface area contributed by atoms with Crippen LogP contribution in [0.3, 0.4) is 0 Å². The Balaban J connectivity index is 2.11. The number of benzene rings is 1. The standard InChI is InChI=1S/C14H15Cl2N3/c1-19-14(17)13(12(18-19)6-8-2-3-8)10-5-4-9(15)7-11(10)16/h4-5,7-8H,2-3,6,17H2,1H3. The summed E-state index contributed by atoms with van der Waals surface area (Å²) in [6.07, 6.45) is 3.54. The number of nitrogen functional groups attached to an aromatic ring is 1. The van der Waals surface area contributed by atoms with Crippen molar-refractivity contribution >= 4 is 29.0 Å². The van der Waals surface area contributed by atoms with Gasteiger partial charge in [0, 0.05) is 23.2 Å². The quantitative estimate of drug-likeness (QED) is 0.932. The van der Waals surface area contributed by atoms with Gasteiger partial charge in [0.15, 0.2) is 0 Å². The Morgan fingerprint density at radius 3 is 2.74 bits per heavy atom. The highest BCUT2D eigenvalue weighted by atomic mass is 35.5. The van der Waals surface area contributed by atoms with Gasteiger partial charge < -0.3 is 5.73 Å². The molecule has 1 aromatic heterocycles. The highest BCUT2D eigenvalue weighted by Gasteiger charge is 2.26. The van der Waals surface area contributed by atoms with Crippen LogP contribution in [0.2, 0.25) is 10.0 Å². The van der Waals surface area contributed by atoms with Gasteiger partial charge >= 0.3 is 0 Å². The summed E-state index contributed by atoms with van der Waals surface area (Å²) < 4.78 is 1.72. The minimum atomic E-state index is 0.615. The zero-order valence-electron chi connectivity index (χ0n) is 10.7.